The van der Waals surface area contributed by atoms with Crippen molar-refractivity contribution in [3.63, 3.8) is 0 Å². The van der Waals surface area contributed by atoms with Crippen molar-refractivity contribution in [2.24, 2.45) is 0 Å². The summed E-state index contributed by atoms with van der Waals surface area (Å²) in [6.45, 7) is 0. The van der Waals surface area contributed by atoms with Gasteiger partial charge in [0.1, 0.15) is 0 Å². The smallest absolute Gasteiger partial charge is 0.759 e. The quantitative estimate of drug-likeness (QED) is 0.224. The average Bonchev–Trinajstić information content (AvgIpc) is 1.19. The summed E-state index contributed by atoms with van der Waals surface area (Å²) in [6, 6.07) is 0. The van der Waals surface area contributed by atoms with E-state index in [4.69, 9.17) is 32.8 Å². The summed E-state index contributed by atoms with van der Waals surface area (Å²) in [5.74, 6) is 0. The first-order valence-corrected chi connectivity index (χ1v) is 2.55. The third-order valence-corrected chi connectivity index (χ3v) is 0. The first-order chi connectivity index (χ1) is 3.73. The van der Waals surface area contributed by atoms with E-state index in [1.807, 2.05) is 0 Å². The third-order valence-electron chi connectivity index (χ3n) is 0. The third kappa shape index (κ3) is 95700. The van der Waals surface area contributed by atoms with Crippen molar-refractivity contribution in [2.75, 3.05) is 0 Å². The van der Waals surface area contributed by atoms with Gasteiger partial charge in [-0.05, 0) is 0 Å². The van der Waals surface area contributed by atoms with Gasteiger partial charge in [0.25, 0.3) is 0 Å². The van der Waals surface area contributed by atoms with Crippen molar-refractivity contribution < 1.29 is 56.2 Å². The maximum absolute atomic E-state index is 8.52. The molecule has 0 aromatic rings. The molecule has 0 atom stereocenters. The van der Waals surface area contributed by atoms with Gasteiger partial charge < -0.3 is 24.4 Å². The summed E-state index contributed by atoms with van der Waals surface area (Å²) in [4.78, 5) is 8.25. The average molecular weight is 276 g/mol. The molecule has 0 saturated heterocycles. The van der Waals surface area contributed by atoms with Crippen molar-refractivity contribution in [3.8, 4) is 0 Å². The molecule has 0 amide bonds. The SMILES string of the molecule is O=S(=O)([O-])[O-].O=[N+]([O-])[O-].[Co+2].[Co+2]. The zero-order valence-electron chi connectivity index (χ0n) is 4.38. The van der Waals surface area contributed by atoms with Crippen molar-refractivity contribution in [1.29, 1.82) is 0 Å². The molecule has 0 aliphatic heterocycles. The van der Waals surface area contributed by atoms with Gasteiger partial charge in [-0.25, -0.2) is 0 Å². The van der Waals surface area contributed by atoms with Crippen LogP contribution in [0.4, 0.5) is 0 Å². The summed E-state index contributed by atoms with van der Waals surface area (Å²) >= 11 is 0. The van der Waals surface area contributed by atoms with Crippen molar-refractivity contribution in [2.45, 2.75) is 0 Å². The predicted molar refractivity (Wildman–Crippen MR) is 20.8 cm³/mol. The first-order valence-electron chi connectivity index (χ1n) is 1.21. The monoisotopic (exact) mass is 276 g/mol. The Bertz CT molecular complexity index is 159. The van der Waals surface area contributed by atoms with Crippen LogP contribution in [0.5, 0.6) is 0 Å². The Labute approximate surface area is 82.1 Å². The van der Waals surface area contributed by atoms with Crippen LogP contribution in [0.15, 0.2) is 0 Å². The summed E-state index contributed by atoms with van der Waals surface area (Å²) in [5, 5.41) is 14.8. The number of hydrogen-bond donors (Lipinski definition) is 0. The van der Waals surface area contributed by atoms with Crippen LogP contribution >= 0.6 is 0 Å². The molecular weight excluding hydrogens is 276 g/mol. The van der Waals surface area contributed by atoms with E-state index in [1.54, 1.807) is 0 Å². The molecule has 0 aliphatic carbocycles. The molecule has 0 rings (SSSR count). The minimum Gasteiger partial charge on any atom is -0.759 e. The maximum atomic E-state index is 8.52. The standard InChI is InChI=1S/2Co.NO3.H2O4S/c;;2-1(3)4;1-5(2,3)4/h;;;(H2,1,2,3,4)/q2*+2;-1;/p-2. The summed E-state index contributed by atoms with van der Waals surface area (Å²) in [6.07, 6.45) is 0. The Balaban J connectivity index is -0.0000000383. The second-order valence-corrected chi connectivity index (χ2v) is 1.45. The van der Waals surface area contributed by atoms with Crippen molar-refractivity contribution in [3.05, 3.63) is 15.3 Å². The van der Waals surface area contributed by atoms with Gasteiger partial charge in [-0.15, -0.1) is 0 Å². The molecule has 70 valence electrons. The van der Waals surface area contributed by atoms with Crippen LogP contribution in [0.3, 0.4) is 0 Å². The van der Waals surface area contributed by atoms with Gasteiger partial charge in [-0.1, -0.05) is 0 Å². The molecule has 0 aromatic heterocycles. The summed E-state index contributed by atoms with van der Waals surface area (Å²) in [5.41, 5.74) is 0. The van der Waals surface area contributed by atoms with Gasteiger partial charge in [-0.3, -0.25) is 8.42 Å². The van der Waals surface area contributed by atoms with Crippen LogP contribution in [0.25, 0.3) is 0 Å². The molecule has 0 aromatic carbocycles. The topological polar surface area (TPSA) is 146 Å². The van der Waals surface area contributed by atoms with E-state index in [2.05, 4.69) is 0 Å². The molecule has 0 aliphatic rings. The molecule has 11 heavy (non-hydrogen) atoms. The van der Waals surface area contributed by atoms with Crippen LogP contribution in [0.1, 0.15) is 0 Å². The number of nitrogens with zero attached hydrogens (tertiary/aromatic N) is 1. The van der Waals surface area contributed by atoms with Crippen molar-refractivity contribution >= 4 is 10.4 Å². The van der Waals surface area contributed by atoms with Crippen LogP contribution in [0.2, 0.25) is 0 Å². The molecule has 0 fully saturated rings. The Morgan fingerprint density at radius 1 is 1.00 bits per heavy atom. The predicted octanol–water partition coefficient (Wildman–Crippen LogP) is -1.58. The molecule has 0 bridgehead atoms. The Morgan fingerprint density at radius 2 is 1.00 bits per heavy atom. The number of rotatable bonds is 0. The molecule has 0 heterocycles. The zero-order chi connectivity index (χ0) is 8.08. The van der Waals surface area contributed by atoms with E-state index < -0.39 is 15.5 Å². The summed E-state index contributed by atoms with van der Waals surface area (Å²) in [7, 11) is -5.17. The molecule has 0 spiro atoms. The molecular formula is Co2NO7S+. The normalized spacial score (nSPS) is 7.45. The molecule has 0 N–H and O–H groups in total. The molecule has 11 heteroatoms. The maximum Gasteiger partial charge on any atom is 2.00 e. The Hall–Kier alpha value is 0.0830. The van der Waals surface area contributed by atoms with Crippen molar-refractivity contribution in [1.82, 2.24) is 0 Å². The van der Waals surface area contributed by atoms with E-state index in [0.717, 1.165) is 0 Å². The fourth-order valence-corrected chi connectivity index (χ4v) is 0. The Morgan fingerprint density at radius 3 is 1.00 bits per heavy atom. The minimum absolute atomic E-state index is 0. The van der Waals surface area contributed by atoms with Crippen LogP contribution < -0.4 is 0 Å². The fourth-order valence-electron chi connectivity index (χ4n) is 0. The van der Waals surface area contributed by atoms with E-state index in [9.17, 15) is 0 Å². The largest absolute Gasteiger partial charge is 2.00 e. The van der Waals surface area contributed by atoms with E-state index >= 15 is 0 Å². The van der Waals surface area contributed by atoms with Gasteiger partial charge in [0.15, 0.2) is 0 Å². The summed E-state index contributed by atoms with van der Waals surface area (Å²) < 4.78 is 34.1. The first kappa shape index (κ1) is 22.5. The van der Waals surface area contributed by atoms with Gasteiger partial charge in [0, 0.05) is 10.4 Å². The van der Waals surface area contributed by atoms with Gasteiger partial charge >= 0.3 is 33.6 Å². The van der Waals surface area contributed by atoms with E-state index in [-0.39, 0.29) is 33.6 Å². The second-order valence-electron chi connectivity index (χ2n) is 0.632. The minimum atomic E-state index is -5.17. The molecule has 0 saturated carbocycles. The fraction of sp³-hybridized carbons (Fsp3) is 0. The van der Waals surface area contributed by atoms with E-state index in [1.165, 1.54) is 0 Å². The van der Waals surface area contributed by atoms with Gasteiger partial charge in [0.05, 0.1) is 5.09 Å². The number of hydrogen-bond acceptors (Lipinski definition) is 7. The molecule has 2 radical (unpaired) electrons. The van der Waals surface area contributed by atoms with Gasteiger partial charge in [0.2, 0.25) is 0 Å². The molecule has 8 nitrogen and oxygen atoms in total. The zero-order valence-corrected chi connectivity index (χ0v) is 7.28. The van der Waals surface area contributed by atoms with Gasteiger partial charge in [-0.2, -0.15) is 0 Å². The molecule has 0 unspecified atom stereocenters. The van der Waals surface area contributed by atoms with Crippen LogP contribution in [0, 0.1) is 15.3 Å². The van der Waals surface area contributed by atoms with Crippen LogP contribution in [-0.4, -0.2) is 22.6 Å². The Kier molecular flexibility index (Phi) is 20.6. The van der Waals surface area contributed by atoms with Crippen LogP contribution in [-0.2, 0) is 44.0 Å². The van der Waals surface area contributed by atoms with E-state index in [0.29, 0.717) is 0 Å². The second kappa shape index (κ2) is 10.1.